The number of carbonyl (C=O) groups excluding carboxylic acids is 1. The van der Waals surface area contributed by atoms with Crippen LogP contribution in [0.1, 0.15) is 19.3 Å². The normalized spacial score (nSPS) is 13.4. The highest BCUT2D eigenvalue weighted by Crippen LogP contribution is 2.31. The van der Waals surface area contributed by atoms with Crippen molar-refractivity contribution in [1.29, 1.82) is 0 Å². The summed E-state index contributed by atoms with van der Waals surface area (Å²) in [4.78, 5) is 24.1. The number of urea groups is 1. The number of piperidine rings is 1. The molecule has 0 bridgehead atoms. The molecule has 2 heterocycles. The number of methoxy groups -OCH3 is 2. The number of nitrogens with zero attached hydrogens (tertiary/aromatic N) is 3. The number of benzene rings is 2. The third kappa shape index (κ3) is 4.91. The smallest absolute Gasteiger partial charge is 0.323 e. The number of aromatic nitrogens is 2. The number of amides is 2. The quantitative estimate of drug-likeness (QED) is 0.581. The standard InChI is InChI=1S/C24H27N5O3/c1-31-19-9-10-20(21(16-19)32-2)28-24(30)27-18-8-6-7-17(15-18)22-23(26-12-11-25-22)29-13-4-3-5-14-29/h6-12,15-16H,3-5,13-14H2,1-2H3,(H2,27,28,30). The van der Waals surface area contributed by atoms with Crippen molar-refractivity contribution in [2.45, 2.75) is 19.3 Å². The minimum Gasteiger partial charge on any atom is -0.497 e. The van der Waals surface area contributed by atoms with Crippen LogP contribution >= 0.6 is 0 Å². The molecule has 1 saturated heterocycles. The molecule has 3 aromatic rings. The number of nitrogens with one attached hydrogen (secondary N) is 2. The summed E-state index contributed by atoms with van der Waals surface area (Å²) in [6, 6.07) is 12.5. The van der Waals surface area contributed by atoms with Crippen LogP contribution in [-0.2, 0) is 0 Å². The Hall–Kier alpha value is -3.81. The minimum absolute atomic E-state index is 0.374. The summed E-state index contributed by atoms with van der Waals surface area (Å²) in [5.41, 5.74) is 2.92. The fourth-order valence-electron chi connectivity index (χ4n) is 3.80. The van der Waals surface area contributed by atoms with Gasteiger partial charge in [0, 0.05) is 42.8 Å². The van der Waals surface area contributed by atoms with Crippen molar-refractivity contribution in [2.24, 2.45) is 0 Å². The first-order valence-electron chi connectivity index (χ1n) is 10.6. The van der Waals surface area contributed by atoms with E-state index in [1.165, 1.54) is 6.42 Å². The maximum Gasteiger partial charge on any atom is 0.323 e. The van der Waals surface area contributed by atoms with Crippen LogP contribution in [0.25, 0.3) is 11.3 Å². The summed E-state index contributed by atoms with van der Waals surface area (Å²) < 4.78 is 10.5. The number of hydrogen-bond donors (Lipinski definition) is 2. The molecule has 1 fully saturated rings. The highest BCUT2D eigenvalue weighted by Gasteiger charge is 2.18. The lowest BCUT2D eigenvalue weighted by atomic mass is 10.1. The molecule has 0 spiro atoms. The molecular formula is C24H27N5O3. The van der Waals surface area contributed by atoms with Gasteiger partial charge in [0.2, 0.25) is 0 Å². The monoisotopic (exact) mass is 433 g/mol. The van der Waals surface area contributed by atoms with Gasteiger partial charge in [0.15, 0.2) is 5.82 Å². The van der Waals surface area contributed by atoms with E-state index in [9.17, 15) is 4.79 Å². The van der Waals surface area contributed by atoms with E-state index < -0.39 is 0 Å². The van der Waals surface area contributed by atoms with Crippen LogP contribution in [0.5, 0.6) is 11.5 Å². The van der Waals surface area contributed by atoms with E-state index in [1.54, 1.807) is 44.8 Å². The lowest BCUT2D eigenvalue weighted by Crippen LogP contribution is -2.30. The summed E-state index contributed by atoms with van der Waals surface area (Å²) in [7, 11) is 3.12. The zero-order valence-corrected chi connectivity index (χ0v) is 18.3. The third-order valence-electron chi connectivity index (χ3n) is 5.39. The van der Waals surface area contributed by atoms with Gasteiger partial charge in [-0.25, -0.2) is 9.78 Å². The van der Waals surface area contributed by atoms with Gasteiger partial charge in [-0.1, -0.05) is 12.1 Å². The molecule has 1 aliphatic heterocycles. The first-order valence-corrected chi connectivity index (χ1v) is 10.6. The molecule has 0 atom stereocenters. The molecule has 0 aliphatic carbocycles. The summed E-state index contributed by atoms with van der Waals surface area (Å²) >= 11 is 0. The average Bonchev–Trinajstić information content (AvgIpc) is 2.85. The molecule has 0 unspecified atom stereocenters. The molecular weight excluding hydrogens is 406 g/mol. The maximum absolute atomic E-state index is 12.6. The Kier molecular flexibility index (Phi) is 6.69. The summed E-state index contributed by atoms with van der Waals surface area (Å²) in [6.45, 7) is 1.96. The van der Waals surface area contributed by atoms with Gasteiger partial charge in [-0.3, -0.25) is 4.98 Å². The molecule has 8 heteroatoms. The van der Waals surface area contributed by atoms with Crippen molar-refractivity contribution in [3.05, 3.63) is 54.9 Å². The van der Waals surface area contributed by atoms with Crippen molar-refractivity contribution in [1.82, 2.24) is 9.97 Å². The number of rotatable bonds is 6. The van der Waals surface area contributed by atoms with Crippen molar-refractivity contribution in [3.63, 3.8) is 0 Å². The van der Waals surface area contributed by atoms with Gasteiger partial charge in [0.1, 0.15) is 17.2 Å². The fourth-order valence-corrected chi connectivity index (χ4v) is 3.80. The molecule has 1 aromatic heterocycles. The maximum atomic E-state index is 12.6. The molecule has 2 aromatic carbocycles. The van der Waals surface area contributed by atoms with Crippen molar-refractivity contribution >= 4 is 23.2 Å². The SMILES string of the molecule is COc1ccc(NC(=O)Nc2cccc(-c3nccnc3N3CCCCC3)c2)c(OC)c1. The highest BCUT2D eigenvalue weighted by atomic mass is 16.5. The van der Waals surface area contributed by atoms with Crippen LogP contribution in [0, 0.1) is 0 Å². The highest BCUT2D eigenvalue weighted by molar-refractivity contribution is 6.01. The lowest BCUT2D eigenvalue weighted by Gasteiger charge is -2.28. The summed E-state index contributed by atoms with van der Waals surface area (Å²) in [5.74, 6) is 2.05. The molecule has 32 heavy (non-hydrogen) atoms. The summed E-state index contributed by atoms with van der Waals surface area (Å²) in [5, 5.41) is 5.70. The van der Waals surface area contributed by atoms with Crippen LogP contribution in [-0.4, -0.2) is 43.3 Å². The fraction of sp³-hybridized carbons (Fsp3) is 0.292. The van der Waals surface area contributed by atoms with Crippen LogP contribution in [0.15, 0.2) is 54.9 Å². The molecule has 2 N–H and O–H groups in total. The zero-order chi connectivity index (χ0) is 22.3. The Morgan fingerprint density at radius 1 is 0.938 bits per heavy atom. The van der Waals surface area contributed by atoms with Gasteiger partial charge >= 0.3 is 6.03 Å². The van der Waals surface area contributed by atoms with Crippen molar-refractivity contribution in [2.75, 3.05) is 42.8 Å². The molecule has 0 saturated carbocycles. The number of carbonyl (C=O) groups is 1. The van der Waals surface area contributed by atoms with E-state index in [4.69, 9.17) is 9.47 Å². The van der Waals surface area contributed by atoms with E-state index in [-0.39, 0.29) is 6.03 Å². The van der Waals surface area contributed by atoms with E-state index in [0.717, 1.165) is 43.0 Å². The van der Waals surface area contributed by atoms with Gasteiger partial charge in [0.25, 0.3) is 0 Å². The molecule has 8 nitrogen and oxygen atoms in total. The Morgan fingerprint density at radius 3 is 2.53 bits per heavy atom. The van der Waals surface area contributed by atoms with Gasteiger partial charge < -0.3 is 25.0 Å². The average molecular weight is 434 g/mol. The second-order valence-electron chi connectivity index (χ2n) is 7.50. The Bertz CT molecular complexity index is 1080. The van der Waals surface area contributed by atoms with Crippen LogP contribution in [0.3, 0.4) is 0 Å². The van der Waals surface area contributed by atoms with Gasteiger partial charge in [-0.2, -0.15) is 0 Å². The molecule has 4 rings (SSSR count). The van der Waals surface area contributed by atoms with E-state index >= 15 is 0 Å². The third-order valence-corrected chi connectivity index (χ3v) is 5.39. The van der Waals surface area contributed by atoms with E-state index in [2.05, 4.69) is 25.5 Å². The first kappa shape index (κ1) is 21.4. The number of anilines is 3. The van der Waals surface area contributed by atoms with Crippen molar-refractivity contribution in [3.8, 4) is 22.8 Å². The topological polar surface area (TPSA) is 88.6 Å². The second-order valence-corrected chi connectivity index (χ2v) is 7.50. The molecule has 2 amide bonds. The first-order chi connectivity index (χ1) is 15.7. The second kappa shape index (κ2) is 10.00. The lowest BCUT2D eigenvalue weighted by molar-refractivity contribution is 0.262. The Labute approximate surface area is 187 Å². The van der Waals surface area contributed by atoms with Crippen LogP contribution in [0.2, 0.25) is 0 Å². The molecule has 166 valence electrons. The van der Waals surface area contributed by atoms with Gasteiger partial charge in [0.05, 0.1) is 19.9 Å². The molecule has 1 aliphatic rings. The molecule has 0 radical (unpaired) electrons. The van der Waals surface area contributed by atoms with Gasteiger partial charge in [-0.05, 0) is 43.5 Å². The van der Waals surface area contributed by atoms with Crippen LogP contribution < -0.4 is 25.0 Å². The van der Waals surface area contributed by atoms with Crippen LogP contribution in [0.4, 0.5) is 22.0 Å². The predicted octanol–water partition coefficient (Wildman–Crippen LogP) is 4.80. The van der Waals surface area contributed by atoms with E-state index in [1.807, 2.05) is 24.3 Å². The number of hydrogen-bond acceptors (Lipinski definition) is 6. The number of ether oxygens (including phenoxy) is 2. The zero-order valence-electron chi connectivity index (χ0n) is 18.3. The summed E-state index contributed by atoms with van der Waals surface area (Å²) in [6.07, 6.45) is 7.00. The largest absolute Gasteiger partial charge is 0.497 e. The minimum atomic E-state index is -0.374. The Balaban J connectivity index is 1.51. The predicted molar refractivity (Wildman–Crippen MR) is 126 cm³/mol. The van der Waals surface area contributed by atoms with E-state index in [0.29, 0.717) is 22.9 Å². The van der Waals surface area contributed by atoms with Crippen molar-refractivity contribution < 1.29 is 14.3 Å². The van der Waals surface area contributed by atoms with Gasteiger partial charge in [-0.15, -0.1) is 0 Å². The Morgan fingerprint density at radius 2 is 1.75 bits per heavy atom.